The molecular formula is C46H50N2. The van der Waals surface area contributed by atoms with E-state index < -0.39 is 0 Å². The van der Waals surface area contributed by atoms with Gasteiger partial charge < -0.3 is 9.80 Å². The van der Waals surface area contributed by atoms with Crippen LogP contribution in [0.1, 0.15) is 74.1 Å². The molecule has 48 heavy (non-hydrogen) atoms. The van der Waals surface area contributed by atoms with Crippen LogP contribution in [-0.4, -0.2) is 6.04 Å². The van der Waals surface area contributed by atoms with Crippen molar-refractivity contribution in [1.82, 2.24) is 0 Å². The van der Waals surface area contributed by atoms with Crippen LogP contribution in [0.15, 0.2) is 145 Å². The minimum Gasteiger partial charge on any atom is -0.335 e. The Hall–Kier alpha value is -4.56. The van der Waals surface area contributed by atoms with E-state index in [1.165, 1.54) is 88.4 Å². The molecule has 0 heterocycles. The molecule has 2 nitrogen and oxygen atoms in total. The predicted molar refractivity (Wildman–Crippen MR) is 206 cm³/mol. The van der Waals surface area contributed by atoms with Crippen LogP contribution in [0.3, 0.4) is 0 Å². The van der Waals surface area contributed by atoms with Gasteiger partial charge in [0.25, 0.3) is 0 Å². The van der Waals surface area contributed by atoms with Gasteiger partial charge in [-0.15, -0.1) is 0 Å². The average Bonchev–Trinajstić information content (AvgIpc) is 3.13. The lowest BCUT2D eigenvalue weighted by atomic mass is 9.64. The van der Waals surface area contributed by atoms with Crippen molar-refractivity contribution in [3.05, 3.63) is 167 Å². The van der Waals surface area contributed by atoms with Gasteiger partial charge in [-0.3, -0.25) is 0 Å². The van der Waals surface area contributed by atoms with E-state index in [2.05, 4.69) is 171 Å². The normalized spacial score (nSPS) is 20.2. The fraction of sp³-hybridized carbons (Fsp3) is 0.304. The number of aryl methyl sites for hydroxylation is 3. The van der Waals surface area contributed by atoms with Crippen LogP contribution in [0.5, 0.6) is 0 Å². The Morgan fingerprint density at radius 1 is 0.542 bits per heavy atom. The Bertz CT molecular complexity index is 1770. The molecule has 3 aliphatic carbocycles. The lowest BCUT2D eigenvalue weighted by molar-refractivity contribution is 0.343. The zero-order valence-corrected chi connectivity index (χ0v) is 29.2. The van der Waals surface area contributed by atoms with Crippen molar-refractivity contribution < 1.29 is 0 Å². The zero-order chi connectivity index (χ0) is 33.1. The van der Waals surface area contributed by atoms with E-state index in [4.69, 9.17) is 0 Å². The first-order valence-corrected chi connectivity index (χ1v) is 18.1. The smallest absolute Gasteiger partial charge is 0.0559 e. The van der Waals surface area contributed by atoms with Gasteiger partial charge in [0.2, 0.25) is 0 Å². The third-order valence-electron chi connectivity index (χ3n) is 10.8. The lowest BCUT2D eigenvalue weighted by Crippen LogP contribution is -2.36. The van der Waals surface area contributed by atoms with Crippen LogP contribution in [0.4, 0.5) is 22.7 Å². The summed E-state index contributed by atoms with van der Waals surface area (Å²) in [5.74, 6) is 0.598. The van der Waals surface area contributed by atoms with Crippen LogP contribution >= 0.6 is 0 Å². The summed E-state index contributed by atoms with van der Waals surface area (Å²) < 4.78 is 0. The molecule has 0 spiro atoms. The molecule has 2 unspecified atom stereocenters. The number of nitrogens with zero attached hydrogens (tertiary/aromatic N) is 2. The minimum atomic E-state index is 0.0604. The molecule has 0 aromatic heterocycles. The molecule has 7 rings (SSSR count). The second kappa shape index (κ2) is 13.9. The van der Waals surface area contributed by atoms with Gasteiger partial charge in [-0.2, -0.15) is 0 Å². The van der Waals surface area contributed by atoms with Crippen LogP contribution in [0.25, 0.3) is 0 Å². The van der Waals surface area contributed by atoms with Crippen molar-refractivity contribution in [1.29, 1.82) is 0 Å². The molecule has 4 aromatic rings. The summed E-state index contributed by atoms with van der Waals surface area (Å²) in [6.07, 6.45) is 23.1. The molecule has 0 radical (unpaired) electrons. The number of benzene rings is 4. The van der Waals surface area contributed by atoms with Gasteiger partial charge in [-0.1, -0.05) is 122 Å². The highest BCUT2D eigenvalue weighted by molar-refractivity contribution is 5.77. The standard InChI is InChI=1S/C46H50N2/c1-34-8-20-40(21-9-34)47(41-22-10-35(2)11-23-41)44-28-16-38(17-29-44)46(32-6-5-7-33-46)39-18-30-45(31-19-39)48(42-24-12-36(3)13-25-42)43-26-14-37(4)15-27-43/h8-14,16-30,37,45H,5-7,15,31-33H2,1-4H3. The van der Waals surface area contributed by atoms with E-state index in [1.807, 2.05) is 0 Å². The Morgan fingerprint density at radius 3 is 1.54 bits per heavy atom. The monoisotopic (exact) mass is 630 g/mol. The highest BCUT2D eigenvalue weighted by Crippen LogP contribution is 2.48. The molecule has 0 saturated heterocycles. The third kappa shape index (κ3) is 6.59. The summed E-state index contributed by atoms with van der Waals surface area (Å²) in [7, 11) is 0. The molecule has 3 aliphatic rings. The topological polar surface area (TPSA) is 6.48 Å². The molecule has 244 valence electrons. The van der Waals surface area contributed by atoms with E-state index in [0.717, 1.165) is 12.8 Å². The third-order valence-corrected chi connectivity index (χ3v) is 10.8. The quantitative estimate of drug-likeness (QED) is 0.191. The Labute approximate surface area is 288 Å². The molecule has 0 amide bonds. The molecule has 0 N–H and O–H groups in total. The van der Waals surface area contributed by atoms with Gasteiger partial charge >= 0.3 is 0 Å². The van der Waals surface area contributed by atoms with E-state index >= 15 is 0 Å². The molecule has 4 aromatic carbocycles. The van der Waals surface area contributed by atoms with Crippen molar-refractivity contribution in [2.75, 3.05) is 9.80 Å². The Morgan fingerprint density at radius 2 is 1.06 bits per heavy atom. The molecule has 1 saturated carbocycles. The number of hydrogen-bond acceptors (Lipinski definition) is 2. The van der Waals surface area contributed by atoms with Crippen LogP contribution in [-0.2, 0) is 5.41 Å². The zero-order valence-electron chi connectivity index (χ0n) is 29.2. The fourth-order valence-corrected chi connectivity index (χ4v) is 7.95. The van der Waals surface area contributed by atoms with E-state index in [1.54, 1.807) is 0 Å². The van der Waals surface area contributed by atoms with Gasteiger partial charge in [0.1, 0.15) is 0 Å². The van der Waals surface area contributed by atoms with Crippen molar-refractivity contribution in [3.63, 3.8) is 0 Å². The lowest BCUT2D eigenvalue weighted by Gasteiger charge is -2.42. The van der Waals surface area contributed by atoms with E-state index in [0.29, 0.717) is 12.0 Å². The van der Waals surface area contributed by atoms with Crippen molar-refractivity contribution in [2.45, 2.75) is 84.1 Å². The van der Waals surface area contributed by atoms with Gasteiger partial charge in [-0.25, -0.2) is 0 Å². The number of anilines is 4. The van der Waals surface area contributed by atoms with Gasteiger partial charge in [0.05, 0.1) is 6.04 Å². The van der Waals surface area contributed by atoms with Crippen molar-refractivity contribution >= 4 is 22.7 Å². The van der Waals surface area contributed by atoms with Gasteiger partial charge in [-0.05, 0) is 118 Å². The first-order valence-electron chi connectivity index (χ1n) is 18.1. The predicted octanol–water partition coefficient (Wildman–Crippen LogP) is 12.5. The minimum absolute atomic E-state index is 0.0604. The molecule has 0 aliphatic heterocycles. The van der Waals surface area contributed by atoms with Crippen LogP contribution < -0.4 is 9.80 Å². The van der Waals surface area contributed by atoms with Gasteiger partial charge in [0.15, 0.2) is 0 Å². The molecule has 1 fully saturated rings. The number of allylic oxidation sites excluding steroid dienone is 5. The summed E-state index contributed by atoms with van der Waals surface area (Å²) in [4.78, 5) is 4.94. The summed E-state index contributed by atoms with van der Waals surface area (Å²) in [5, 5.41) is 0. The van der Waals surface area contributed by atoms with Crippen molar-refractivity contribution in [2.24, 2.45) is 5.92 Å². The summed E-state index contributed by atoms with van der Waals surface area (Å²) in [6, 6.07) is 36.7. The number of rotatable bonds is 8. The maximum absolute atomic E-state index is 2.58. The Kier molecular flexibility index (Phi) is 9.26. The molecule has 0 bridgehead atoms. The number of hydrogen-bond donors (Lipinski definition) is 0. The van der Waals surface area contributed by atoms with Crippen molar-refractivity contribution in [3.8, 4) is 0 Å². The van der Waals surface area contributed by atoms with Crippen LogP contribution in [0, 0.1) is 26.7 Å². The summed E-state index contributed by atoms with van der Waals surface area (Å²) in [6.45, 7) is 8.78. The van der Waals surface area contributed by atoms with E-state index in [-0.39, 0.29) is 5.41 Å². The molecular weight excluding hydrogens is 581 g/mol. The highest BCUT2D eigenvalue weighted by atomic mass is 15.2. The summed E-state index contributed by atoms with van der Waals surface area (Å²) >= 11 is 0. The first-order chi connectivity index (χ1) is 23.4. The molecule has 2 heteroatoms. The maximum atomic E-state index is 2.58. The SMILES string of the molecule is Cc1ccc(N(c2ccc(C)cc2)c2ccc(C3(C4=CCC(N(C5=CCC(C)C=C5)c5ccc(C)cc5)C=C4)CCCCC3)cc2)cc1. The fourth-order valence-electron chi connectivity index (χ4n) is 7.95. The molecule has 2 atom stereocenters. The first kappa shape index (κ1) is 32.0. The maximum Gasteiger partial charge on any atom is 0.0559 e. The van der Waals surface area contributed by atoms with Gasteiger partial charge in [0, 0.05) is 33.9 Å². The van der Waals surface area contributed by atoms with Crippen LogP contribution in [0.2, 0.25) is 0 Å². The second-order valence-corrected chi connectivity index (χ2v) is 14.4. The Balaban J connectivity index is 1.20. The van der Waals surface area contributed by atoms with E-state index in [9.17, 15) is 0 Å². The second-order valence-electron chi connectivity index (χ2n) is 14.4. The average molecular weight is 631 g/mol. The largest absolute Gasteiger partial charge is 0.335 e. The summed E-state index contributed by atoms with van der Waals surface area (Å²) in [5.41, 5.74) is 13.0. The highest BCUT2D eigenvalue weighted by Gasteiger charge is 2.38.